The number of halogens is 1. The van der Waals surface area contributed by atoms with Crippen LogP contribution in [0.1, 0.15) is 37.0 Å². The van der Waals surface area contributed by atoms with Gasteiger partial charge >= 0.3 is 5.97 Å². The minimum Gasteiger partial charge on any atom is -0.462 e. The maximum Gasteiger partial charge on any atom is 0.341 e. The Labute approximate surface area is 107 Å². The molecule has 0 N–H and O–H groups in total. The predicted molar refractivity (Wildman–Crippen MR) is 68.0 cm³/mol. The lowest BCUT2D eigenvalue weighted by atomic mass is 10.1. The quantitative estimate of drug-likeness (QED) is 0.494. The van der Waals surface area contributed by atoms with Crippen LogP contribution in [0, 0.1) is 11.7 Å². The van der Waals surface area contributed by atoms with Crippen LogP contribution in [-0.4, -0.2) is 12.6 Å². The van der Waals surface area contributed by atoms with Gasteiger partial charge in [-0.3, -0.25) is 0 Å². The predicted octanol–water partition coefficient (Wildman–Crippen LogP) is 3.71. The van der Waals surface area contributed by atoms with E-state index in [9.17, 15) is 9.18 Å². The van der Waals surface area contributed by atoms with Gasteiger partial charge in [-0.1, -0.05) is 13.8 Å². The summed E-state index contributed by atoms with van der Waals surface area (Å²) in [7, 11) is 0. The molecule has 0 spiro atoms. The van der Waals surface area contributed by atoms with E-state index in [4.69, 9.17) is 4.74 Å². The van der Waals surface area contributed by atoms with Gasteiger partial charge in [0.15, 0.2) is 0 Å². The highest BCUT2D eigenvalue weighted by molar-refractivity contribution is 7.80. The highest BCUT2D eigenvalue weighted by Crippen LogP contribution is 2.15. The Hall–Kier alpha value is -1.03. The number of hydrogen-bond donors (Lipinski definition) is 1. The first kappa shape index (κ1) is 14.0. The van der Waals surface area contributed by atoms with Crippen LogP contribution in [0.4, 0.5) is 4.39 Å². The Morgan fingerprint density at radius 2 is 2.18 bits per heavy atom. The standard InChI is InChI=1S/C13H17FO2S/c1-9(2)4-3-7-16-13(15)11-8-10(17)5-6-12(11)14/h5-6,8-9,17H,3-4,7H2,1-2H3. The molecule has 0 radical (unpaired) electrons. The molecular weight excluding hydrogens is 239 g/mol. The lowest BCUT2D eigenvalue weighted by molar-refractivity contribution is 0.0489. The Kier molecular flexibility index (Phi) is 5.48. The zero-order chi connectivity index (χ0) is 12.8. The summed E-state index contributed by atoms with van der Waals surface area (Å²) in [6.07, 6.45) is 1.79. The highest BCUT2D eigenvalue weighted by atomic mass is 32.1. The van der Waals surface area contributed by atoms with E-state index >= 15 is 0 Å². The molecule has 0 atom stereocenters. The normalized spacial score (nSPS) is 10.6. The molecule has 2 nitrogen and oxygen atoms in total. The zero-order valence-corrected chi connectivity index (χ0v) is 11.0. The highest BCUT2D eigenvalue weighted by Gasteiger charge is 2.13. The van der Waals surface area contributed by atoms with Gasteiger partial charge in [-0.2, -0.15) is 0 Å². The van der Waals surface area contributed by atoms with Crippen molar-refractivity contribution in [3.05, 3.63) is 29.6 Å². The van der Waals surface area contributed by atoms with Crippen LogP contribution in [0.3, 0.4) is 0 Å². The first-order chi connectivity index (χ1) is 8.00. The molecule has 0 heterocycles. The number of benzene rings is 1. The molecule has 0 aliphatic rings. The molecular formula is C13H17FO2S. The van der Waals surface area contributed by atoms with E-state index in [1.165, 1.54) is 18.2 Å². The molecule has 94 valence electrons. The largest absolute Gasteiger partial charge is 0.462 e. The van der Waals surface area contributed by atoms with Gasteiger partial charge in [0.05, 0.1) is 12.2 Å². The summed E-state index contributed by atoms with van der Waals surface area (Å²) in [5.74, 6) is -0.620. The van der Waals surface area contributed by atoms with Gasteiger partial charge in [-0.05, 0) is 37.0 Å². The number of carbonyl (C=O) groups is 1. The third-order valence-electron chi connectivity index (χ3n) is 2.33. The molecule has 1 aromatic rings. The average molecular weight is 256 g/mol. The number of thiol groups is 1. The molecule has 1 aromatic carbocycles. The second-order valence-corrected chi connectivity index (χ2v) is 4.85. The smallest absolute Gasteiger partial charge is 0.341 e. The fourth-order valence-corrected chi connectivity index (χ4v) is 1.61. The van der Waals surface area contributed by atoms with E-state index in [0.717, 1.165) is 12.8 Å². The first-order valence-corrected chi connectivity index (χ1v) is 6.11. The molecule has 4 heteroatoms. The van der Waals surface area contributed by atoms with Crippen LogP contribution in [0.15, 0.2) is 23.1 Å². The number of esters is 1. The van der Waals surface area contributed by atoms with Crippen molar-refractivity contribution in [1.29, 1.82) is 0 Å². The summed E-state index contributed by atoms with van der Waals surface area (Å²) in [6, 6.07) is 4.09. The van der Waals surface area contributed by atoms with Gasteiger partial charge in [0.2, 0.25) is 0 Å². The fraction of sp³-hybridized carbons (Fsp3) is 0.462. The van der Waals surface area contributed by atoms with Crippen molar-refractivity contribution in [3.8, 4) is 0 Å². The molecule has 0 fully saturated rings. The van der Waals surface area contributed by atoms with Gasteiger partial charge < -0.3 is 4.74 Å². The third kappa shape index (κ3) is 4.77. The van der Waals surface area contributed by atoms with Crippen LogP contribution in [0.25, 0.3) is 0 Å². The van der Waals surface area contributed by atoms with Crippen LogP contribution in [0.5, 0.6) is 0 Å². The number of hydrogen-bond acceptors (Lipinski definition) is 3. The number of carbonyl (C=O) groups excluding carboxylic acids is 1. The topological polar surface area (TPSA) is 26.3 Å². The summed E-state index contributed by atoms with van der Waals surface area (Å²) in [5, 5.41) is 0. The van der Waals surface area contributed by atoms with Crippen LogP contribution >= 0.6 is 12.6 Å². The van der Waals surface area contributed by atoms with Gasteiger partial charge in [-0.25, -0.2) is 9.18 Å². The van der Waals surface area contributed by atoms with Crippen molar-refractivity contribution < 1.29 is 13.9 Å². The molecule has 0 unspecified atom stereocenters. The molecule has 0 bridgehead atoms. The molecule has 0 saturated carbocycles. The monoisotopic (exact) mass is 256 g/mol. The maximum atomic E-state index is 13.3. The van der Waals surface area contributed by atoms with E-state index in [2.05, 4.69) is 26.5 Å². The summed E-state index contributed by atoms with van der Waals surface area (Å²) >= 11 is 4.06. The molecule has 1 rings (SSSR count). The molecule has 0 aliphatic carbocycles. The minimum absolute atomic E-state index is 0.0537. The minimum atomic E-state index is -0.623. The second-order valence-electron chi connectivity index (χ2n) is 4.34. The van der Waals surface area contributed by atoms with Gasteiger partial charge in [0.25, 0.3) is 0 Å². The molecule has 0 aromatic heterocycles. The zero-order valence-electron chi connectivity index (χ0n) is 10.1. The Morgan fingerprint density at radius 1 is 1.47 bits per heavy atom. The summed E-state index contributed by atoms with van der Waals surface area (Å²) < 4.78 is 18.3. The van der Waals surface area contributed by atoms with E-state index in [1.54, 1.807) is 0 Å². The Bertz CT molecular complexity index is 391. The van der Waals surface area contributed by atoms with E-state index < -0.39 is 11.8 Å². The Balaban J connectivity index is 2.49. The SMILES string of the molecule is CC(C)CCCOC(=O)c1cc(S)ccc1F. The van der Waals surface area contributed by atoms with Gasteiger partial charge in [-0.15, -0.1) is 12.6 Å². The number of ether oxygens (including phenoxy) is 1. The van der Waals surface area contributed by atoms with Crippen molar-refractivity contribution in [2.24, 2.45) is 5.92 Å². The van der Waals surface area contributed by atoms with Crippen LogP contribution in [-0.2, 0) is 4.74 Å². The van der Waals surface area contributed by atoms with Gasteiger partial charge in [0.1, 0.15) is 5.82 Å². The van der Waals surface area contributed by atoms with Gasteiger partial charge in [0, 0.05) is 4.90 Å². The molecule has 0 saturated heterocycles. The summed E-state index contributed by atoms with van der Waals surface area (Å²) in [5.41, 5.74) is -0.0537. The molecule has 17 heavy (non-hydrogen) atoms. The molecule has 0 aliphatic heterocycles. The maximum absolute atomic E-state index is 13.3. The van der Waals surface area contributed by atoms with E-state index in [1.807, 2.05) is 0 Å². The Morgan fingerprint density at radius 3 is 2.82 bits per heavy atom. The van der Waals surface area contributed by atoms with Crippen molar-refractivity contribution in [3.63, 3.8) is 0 Å². The van der Waals surface area contributed by atoms with Crippen molar-refractivity contribution in [2.45, 2.75) is 31.6 Å². The molecule has 0 amide bonds. The fourth-order valence-electron chi connectivity index (χ4n) is 1.40. The van der Waals surface area contributed by atoms with Crippen molar-refractivity contribution in [2.75, 3.05) is 6.61 Å². The third-order valence-corrected chi connectivity index (χ3v) is 2.61. The van der Waals surface area contributed by atoms with E-state index in [-0.39, 0.29) is 5.56 Å². The van der Waals surface area contributed by atoms with E-state index in [0.29, 0.717) is 17.4 Å². The first-order valence-electron chi connectivity index (χ1n) is 5.66. The van der Waals surface area contributed by atoms with Crippen LogP contribution in [0.2, 0.25) is 0 Å². The summed E-state index contributed by atoms with van der Waals surface area (Å²) in [6.45, 7) is 4.53. The van der Waals surface area contributed by atoms with Crippen LogP contribution < -0.4 is 0 Å². The van der Waals surface area contributed by atoms with Crippen molar-refractivity contribution in [1.82, 2.24) is 0 Å². The second kappa shape index (κ2) is 6.64. The average Bonchev–Trinajstić information content (AvgIpc) is 2.27. The number of rotatable bonds is 5. The summed E-state index contributed by atoms with van der Waals surface area (Å²) in [4.78, 5) is 12.1. The van der Waals surface area contributed by atoms with Crippen molar-refractivity contribution >= 4 is 18.6 Å². The lowest BCUT2D eigenvalue weighted by Crippen LogP contribution is -2.09. The lowest BCUT2D eigenvalue weighted by Gasteiger charge is -2.07.